The van der Waals surface area contributed by atoms with Crippen molar-refractivity contribution < 1.29 is 19.1 Å². The minimum absolute atomic E-state index is 0.109. The fourth-order valence-electron chi connectivity index (χ4n) is 2.47. The molecule has 24 heavy (non-hydrogen) atoms. The molecule has 0 saturated carbocycles. The highest BCUT2D eigenvalue weighted by atomic mass is 32.2. The van der Waals surface area contributed by atoms with Crippen LogP contribution in [-0.4, -0.2) is 32.2 Å². The molecule has 1 aliphatic rings. The summed E-state index contributed by atoms with van der Waals surface area (Å²) in [7, 11) is 0. The van der Waals surface area contributed by atoms with E-state index in [1.165, 1.54) is 17.0 Å². The SMILES string of the molecule is C/C(=C1/SC(=S)N(C(CC(C)C)C(=O)O)C1=O)c1ccc(F)cc1. The standard InChI is InChI=1S/C17H18FNO3S2/c1-9(2)8-13(16(21)22)19-15(20)14(24-17(19)23)10(3)11-4-6-12(18)7-5-11/h4-7,9,13H,8H2,1-3H3,(H,21,22)/b14-10-. The smallest absolute Gasteiger partial charge is 0.326 e. The van der Waals surface area contributed by atoms with Gasteiger partial charge in [-0.3, -0.25) is 9.69 Å². The van der Waals surface area contributed by atoms with Crippen molar-refractivity contribution in [2.75, 3.05) is 0 Å². The molecule has 0 aromatic heterocycles. The van der Waals surface area contributed by atoms with E-state index >= 15 is 0 Å². The number of amides is 1. The number of carboxylic acid groups (broad SMARTS) is 1. The number of carbonyl (C=O) groups is 2. The van der Waals surface area contributed by atoms with Crippen molar-refractivity contribution in [1.29, 1.82) is 0 Å². The number of carbonyl (C=O) groups excluding carboxylic acids is 1. The molecular formula is C17H18FNO3S2. The lowest BCUT2D eigenvalue weighted by Gasteiger charge is -2.24. The summed E-state index contributed by atoms with van der Waals surface area (Å²) in [5, 5.41) is 9.47. The van der Waals surface area contributed by atoms with Gasteiger partial charge in [-0.15, -0.1) is 0 Å². The van der Waals surface area contributed by atoms with E-state index in [0.29, 0.717) is 22.5 Å². The Morgan fingerprint density at radius 1 is 1.33 bits per heavy atom. The highest BCUT2D eigenvalue weighted by Gasteiger charge is 2.41. The summed E-state index contributed by atoms with van der Waals surface area (Å²) in [6.07, 6.45) is 0.324. The zero-order valence-electron chi connectivity index (χ0n) is 13.6. The number of carboxylic acids is 1. The highest BCUT2D eigenvalue weighted by molar-refractivity contribution is 8.26. The summed E-state index contributed by atoms with van der Waals surface area (Å²) in [5.41, 5.74) is 1.36. The van der Waals surface area contributed by atoms with Crippen molar-refractivity contribution >= 4 is 45.7 Å². The van der Waals surface area contributed by atoms with Crippen molar-refractivity contribution in [2.24, 2.45) is 5.92 Å². The number of nitrogens with zero attached hydrogens (tertiary/aromatic N) is 1. The molecule has 1 aromatic carbocycles. The van der Waals surface area contributed by atoms with Crippen LogP contribution in [0.2, 0.25) is 0 Å². The first-order chi connectivity index (χ1) is 11.2. The van der Waals surface area contributed by atoms with Crippen LogP contribution >= 0.6 is 24.0 Å². The molecule has 1 unspecified atom stereocenters. The Kier molecular flexibility index (Phi) is 5.77. The minimum atomic E-state index is -1.07. The maximum absolute atomic E-state index is 13.1. The number of hydrogen-bond donors (Lipinski definition) is 1. The van der Waals surface area contributed by atoms with Crippen molar-refractivity contribution in [2.45, 2.75) is 33.2 Å². The van der Waals surface area contributed by atoms with Crippen LogP contribution in [0.4, 0.5) is 4.39 Å². The zero-order valence-corrected chi connectivity index (χ0v) is 15.2. The van der Waals surface area contributed by atoms with Crippen molar-refractivity contribution in [3.8, 4) is 0 Å². The van der Waals surface area contributed by atoms with Crippen molar-refractivity contribution in [3.63, 3.8) is 0 Å². The van der Waals surface area contributed by atoms with Gasteiger partial charge in [0, 0.05) is 0 Å². The van der Waals surface area contributed by atoms with Crippen LogP contribution in [0.3, 0.4) is 0 Å². The Balaban J connectivity index is 2.38. The van der Waals surface area contributed by atoms with E-state index < -0.39 is 17.9 Å². The van der Waals surface area contributed by atoms with E-state index in [-0.39, 0.29) is 16.1 Å². The molecule has 0 bridgehead atoms. The van der Waals surface area contributed by atoms with Crippen LogP contribution < -0.4 is 0 Å². The summed E-state index contributed by atoms with van der Waals surface area (Å²) < 4.78 is 13.3. The summed E-state index contributed by atoms with van der Waals surface area (Å²) in [6, 6.07) is 4.83. The van der Waals surface area contributed by atoms with Gasteiger partial charge in [0.05, 0.1) is 4.91 Å². The molecule has 2 rings (SSSR count). The highest BCUT2D eigenvalue weighted by Crippen LogP contribution is 2.38. The van der Waals surface area contributed by atoms with Crippen LogP contribution in [0.15, 0.2) is 29.2 Å². The first-order valence-corrected chi connectivity index (χ1v) is 8.69. The van der Waals surface area contributed by atoms with Crippen LogP contribution in [0.25, 0.3) is 5.57 Å². The lowest BCUT2D eigenvalue weighted by Crippen LogP contribution is -2.44. The predicted octanol–water partition coefficient (Wildman–Crippen LogP) is 3.92. The Labute approximate surface area is 149 Å². The Bertz CT molecular complexity index is 713. The normalized spacial score (nSPS) is 18.3. The van der Waals surface area contributed by atoms with Gasteiger partial charge in [-0.25, -0.2) is 9.18 Å². The van der Waals surface area contributed by atoms with Crippen LogP contribution in [0.5, 0.6) is 0 Å². The monoisotopic (exact) mass is 367 g/mol. The first kappa shape index (κ1) is 18.6. The molecule has 1 N–H and O–H groups in total. The minimum Gasteiger partial charge on any atom is -0.480 e. The van der Waals surface area contributed by atoms with Crippen molar-refractivity contribution in [3.05, 3.63) is 40.6 Å². The van der Waals surface area contributed by atoms with Crippen LogP contribution in [-0.2, 0) is 9.59 Å². The summed E-state index contributed by atoms with van der Waals surface area (Å²) in [6.45, 7) is 5.54. The third-order valence-electron chi connectivity index (χ3n) is 3.71. The van der Waals surface area contributed by atoms with E-state index in [9.17, 15) is 19.1 Å². The second-order valence-corrected chi connectivity index (χ2v) is 7.63. The molecule has 1 aromatic rings. The molecular weight excluding hydrogens is 349 g/mol. The number of aliphatic carboxylic acids is 1. The molecule has 128 valence electrons. The molecule has 7 heteroatoms. The number of hydrogen-bond acceptors (Lipinski definition) is 4. The zero-order chi connectivity index (χ0) is 18.0. The van der Waals surface area contributed by atoms with Gasteiger partial charge >= 0.3 is 5.97 Å². The van der Waals surface area contributed by atoms with Gasteiger partial charge < -0.3 is 5.11 Å². The third kappa shape index (κ3) is 3.84. The number of rotatable bonds is 5. The lowest BCUT2D eigenvalue weighted by molar-refractivity contribution is -0.145. The largest absolute Gasteiger partial charge is 0.480 e. The van der Waals surface area contributed by atoms with E-state index in [1.54, 1.807) is 19.1 Å². The second kappa shape index (κ2) is 7.44. The van der Waals surface area contributed by atoms with Gasteiger partial charge in [0.2, 0.25) is 0 Å². The second-order valence-electron chi connectivity index (χ2n) is 5.99. The molecule has 4 nitrogen and oxygen atoms in total. The molecule has 1 atom stereocenters. The van der Waals surface area contributed by atoms with Crippen LogP contribution in [0.1, 0.15) is 32.8 Å². The molecule has 1 amide bonds. The first-order valence-electron chi connectivity index (χ1n) is 7.47. The van der Waals surface area contributed by atoms with Crippen LogP contribution in [0, 0.1) is 11.7 Å². The topological polar surface area (TPSA) is 57.6 Å². The van der Waals surface area contributed by atoms with E-state index in [2.05, 4.69) is 0 Å². The molecule has 1 saturated heterocycles. The molecule has 0 spiro atoms. The summed E-state index contributed by atoms with van der Waals surface area (Å²) >= 11 is 6.34. The summed E-state index contributed by atoms with van der Waals surface area (Å²) in [4.78, 5) is 25.9. The molecule has 1 aliphatic heterocycles. The Morgan fingerprint density at radius 3 is 2.42 bits per heavy atom. The average molecular weight is 367 g/mol. The van der Waals surface area contributed by atoms with Gasteiger partial charge in [0.1, 0.15) is 16.2 Å². The quantitative estimate of drug-likeness (QED) is 0.631. The number of thioether (sulfide) groups is 1. The number of allylic oxidation sites excluding steroid dienone is 1. The molecule has 1 heterocycles. The average Bonchev–Trinajstić information content (AvgIpc) is 2.79. The third-order valence-corrected chi connectivity index (χ3v) is 5.21. The van der Waals surface area contributed by atoms with Gasteiger partial charge in [-0.2, -0.15) is 0 Å². The van der Waals surface area contributed by atoms with E-state index in [4.69, 9.17) is 12.2 Å². The number of thiocarbonyl (C=S) groups is 1. The number of benzene rings is 1. The number of halogens is 1. The van der Waals surface area contributed by atoms with Gasteiger partial charge in [-0.05, 0) is 42.5 Å². The maximum atomic E-state index is 13.1. The van der Waals surface area contributed by atoms with Gasteiger partial charge in [-0.1, -0.05) is 50.0 Å². The van der Waals surface area contributed by atoms with Crippen molar-refractivity contribution in [1.82, 2.24) is 4.90 Å². The lowest BCUT2D eigenvalue weighted by atomic mass is 10.0. The fourth-order valence-corrected chi connectivity index (χ4v) is 3.87. The molecule has 0 radical (unpaired) electrons. The van der Waals surface area contributed by atoms with E-state index in [0.717, 1.165) is 11.8 Å². The Morgan fingerprint density at radius 2 is 1.92 bits per heavy atom. The van der Waals surface area contributed by atoms with Gasteiger partial charge in [0.25, 0.3) is 5.91 Å². The van der Waals surface area contributed by atoms with Gasteiger partial charge in [0.15, 0.2) is 0 Å². The summed E-state index contributed by atoms with van der Waals surface area (Å²) in [5.74, 6) is -1.72. The molecule has 1 fully saturated rings. The Hall–Kier alpha value is -1.73. The molecule has 0 aliphatic carbocycles. The fraction of sp³-hybridized carbons (Fsp3) is 0.353. The maximum Gasteiger partial charge on any atom is 0.326 e. The predicted molar refractivity (Wildman–Crippen MR) is 96.9 cm³/mol. The van der Waals surface area contributed by atoms with E-state index in [1.807, 2.05) is 13.8 Å².